The molecule has 158 valence electrons. The van der Waals surface area contributed by atoms with Crippen molar-refractivity contribution in [1.82, 2.24) is 10.2 Å². The topological polar surface area (TPSA) is 69.6 Å². The third kappa shape index (κ3) is 3.99. The maximum absolute atomic E-state index is 13.8. The molecule has 2 aromatic rings. The predicted molar refractivity (Wildman–Crippen MR) is 107 cm³/mol. The number of carbonyl (C=O) groups excluding carboxylic acids is 2. The van der Waals surface area contributed by atoms with Crippen LogP contribution < -0.4 is 5.32 Å². The molecular formula is C22H21ClF2N2O3. The zero-order chi connectivity index (χ0) is 21.4. The summed E-state index contributed by atoms with van der Waals surface area (Å²) in [7, 11) is 0. The van der Waals surface area contributed by atoms with Gasteiger partial charge in [-0.3, -0.25) is 9.59 Å². The van der Waals surface area contributed by atoms with Gasteiger partial charge in [0.25, 0.3) is 11.8 Å². The molecule has 30 heavy (non-hydrogen) atoms. The van der Waals surface area contributed by atoms with Gasteiger partial charge in [0, 0.05) is 35.8 Å². The van der Waals surface area contributed by atoms with Gasteiger partial charge >= 0.3 is 0 Å². The highest BCUT2D eigenvalue weighted by atomic mass is 35.5. The molecule has 2 aromatic carbocycles. The summed E-state index contributed by atoms with van der Waals surface area (Å²) in [4.78, 5) is 26.8. The van der Waals surface area contributed by atoms with Crippen molar-refractivity contribution in [2.45, 2.75) is 38.3 Å². The normalized spacial score (nSPS) is 20.9. The van der Waals surface area contributed by atoms with Crippen molar-refractivity contribution in [3.05, 3.63) is 63.7 Å². The number of amides is 2. The van der Waals surface area contributed by atoms with Gasteiger partial charge in [-0.2, -0.15) is 0 Å². The summed E-state index contributed by atoms with van der Waals surface area (Å²) in [5, 5.41) is 12.4. The van der Waals surface area contributed by atoms with E-state index in [0.29, 0.717) is 35.8 Å². The highest BCUT2D eigenvalue weighted by Gasteiger charge is 2.35. The van der Waals surface area contributed by atoms with Crippen molar-refractivity contribution in [2.24, 2.45) is 5.92 Å². The predicted octanol–water partition coefficient (Wildman–Crippen LogP) is 4.27. The highest BCUT2D eigenvalue weighted by Crippen LogP contribution is 2.34. The SMILES string of the molecule is O=C(NC[C@H]1CC[C@H](N2Cc3cc(Cl)ccc3C2=O)CC1)c1cc(F)c(O)cc1F. The van der Waals surface area contributed by atoms with E-state index in [9.17, 15) is 18.4 Å². The quantitative estimate of drug-likeness (QED) is 0.755. The summed E-state index contributed by atoms with van der Waals surface area (Å²) >= 11 is 6.03. The van der Waals surface area contributed by atoms with Crippen LogP contribution in [0.15, 0.2) is 30.3 Å². The Labute approximate surface area is 177 Å². The van der Waals surface area contributed by atoms with E-state index in [1.54, 1.807) is 12.1 Å². The summed E-state index contributed by atoms with van der Waals surface area (Å²) < 4.78 is 27.2. The first-order chi connectivity index (χ1) is 14.3. The second-order valence-corrected chi connectivity index (χ2v) is 8.34. The number of carbonyl (C=O) groups is 2. The molecule has 2 N–H and O–H groups in total. The van der Waals surface area contributed by atoms with E-state index in [4.69, 9.17) is 16.7 Å². The Morgan fingerprint density at radius 2 is 1.87 bits per heavy atom. The Kier molecular flexibility index (Phi) is 5.64. The molecule has 5 nitrogen and oxygen atoms in total. The van der Waals surface area contributed by atoms with Crippen molar-refractivity contribution in [1.29, 1.82) is 0 Å². The fraction of sp³-hybridized carbons (Fsp3) is 0.364. The van der Waals surface area contributed by atoms with Crippen LogP contribution in [0.1, 0.15) is 52.0 Å². The lowest BCUT2D eigenvalue weighted by atomic mass is 9.85. The van der Waals surface area contributed by atoms with E-state index in [1.165, 1.54) is 0 Å². The molecule has 4 rings (SSSR count). The summed E-state index contributed by atoms with van der Waals surface area (Å²) in [5.41, 5.74) is 1.22. The number of aromatic hydroxyl groups is 1. The molecule has 1 heterocycles. The van der Waals surface area contributed by atoms with Crippen molar-refractivity contribution in [3.63, 3.8) is 0 Å². The summed E-state index contributed by atoms with van der Waals surface area (Å²) in [5.74, 6) is -3.33. The van der Waals surface area contributed by atoms with Gasteiger partial charge in [-0.15, -0.1) is 0 Å². The summed E-state index contributed by atoms with van der Waals surface area (Å²) in [6.45, 7) is 0.907. The van der Waals surface area contributed by atoms with Crippen LogP contribution in [0.4, 0.5) is 8.78 Å². The van der Waals surface area contributed by atoms with Gasteiger partial charge < -0.3 is 15.3 Å². The number of rotatable bonds is 4. The van der Waals surface area contributed by atoms with Crippen LogP contribution in [0.2, 0.25) is 5.02 Å². The molecule has 0 unspecified atom stereocenters. The molecule has 1 aliphatic heterocycles. The average Bonchev–Trinajstić information content (AvgIpc) is 3.05. The molecule has 2 amide bonds. The number of hydrogen-bond donors (Lipinski definition) is 2. The molecule has 0 saturated heterocycles. The van der Waals surface area contributed by atoms with Gasteiger partial charge in [0.15, 0.2) is 11.6 Å². The van der Waals surface area contributed by atoms with Crippen LogP contribution >= 0.6 is 11.6 Å². The number of nitrogens with zero attached hydrogens (tertiary/aromatic N) is 1. The Balaban J connectivity index is 1.30. The minimum Gasteiger partial charge on any atom is -0.505 e. The molecule has 2 aliphatic rings. The second-order valence-electron chi connectivity index (χ2n) is 7.90. The molecular weight excluding hydrogens is 414 g/mol. The van der Waals surface area contributed by atoms with Crippen molar-refractivity contribution >= 4 is 23.4 Å². The lowest BCUT2D eigenvalue weighted by Crippen LogP contribution is -2.40. The van der Waals surface area contributed by atoms with E-state index in [1.807, 2.05) is 11.0 Å². The first kappa shape index (κ1) is 20.6. The molecule has 0 aromatic heterocycles. The van der Waals surface area contributed by atoms with E-state index in [-0.39, 0.29) is 17.9 Å². The lowest BCUT2D eigenvalue weighted by molar-refractivity contribution is 0.0635. The molecule has 0 radical (unpaired) electrons. The van der Waals surface area contributed by atoms with Crippen molar-refractivity contribution in [2.75, 3.05) is 6.54 Å². The zero-order valence-electron chi connectivity index (χ0n) is 16.1. The number of benzene rings is 2. The summed E-state index contributed by atoms with van der Waals surface area (Å²) in [6, 6.07) is 6.75. The lowest BCUT2D eigenvalue weighted by Gasteiger charge is -2.34. The largest absolute Gasteiger partial charge is 0.505 e. The number of nitrogens with one attached hydrogen (secondary N) is 1. The van der Waals surface area contributed by atoms with Gasteiger partial charge in [0.2, 0.25) is 0 Å². The van der Waals surface area contributed by atoms with E-state index in [0.717, 1.165) is 31.2 Å². The van der Waals surface area contributed by atoms with Gasteiger partial charge in [-0.25, -0.2) is 8.78 Å². The van der Waals surface area contributed by atoms with Crippen LogP contribution in [0.5, 0.6) is 5.75 Å². The van der Waals surface area contributed by atoms with Crippen LogP contribution in [0.25, 0.3) is 0 Å². The fourth-order valence-corrected chi connectivity index (χ4v) is 4.50. The number of phenols is 1. The van der Waals surface area contributed by atoms with Crippen LogP contribution in [-0.4, -0.2) is 34.4 Å². The molecule has 1 fully saturated rings. The van der Waals surface area contributed by atoms with Crippen molar-refractivity contribution < 1.29 is 23.5 Å². The fourth-order valence-electron chi connectivity index (χ4n) is 4.31. The number of halogens is 3. The maximum atomic E-state index is 13.8. The maximum Gasteiger partial charge on any atom is 0.254 e. The molecule has 0 atom stereocenters. The van der Waals surface area contributed by atoms with Gasteiger partial charge in [-0.1, -0.05) is 11.6 Å². The van der Waals surface area contributed by atoms with Gasteiger partial charge in [0.05, 0.1) is 5.56 Å². The Morgan fingerprint density at radius 3 is 2.60 bits per heavy atom. The number of fused-ring (bicyclic) bond motifs is 1. The molecule has 1 aliphatic carbocycles. The zero-order valence-corrected chi connectivity index (χ0v) is 16.9. The van der Waals surface area contributed by atoms with Crippen LogP contribution in [-0.2, 0) is 6.54 Å². The first-order valence-corrected chi connectivity index (χ1v) is 10.3. The van der Waals surface area contributed by atoms with Crippen molar-refractivity contribution in [3.8, 4) is 5.75 Å². The Bertz CT molecular complexity index is 1010. The molecule has 8 heteroatoms. The monoisotopic (exact) mass is 434 g/mol. The third-order valence-corrected chi connectivity index (χ3v) is 6.22. The minimum absolute atomic E-state index is 0.0308. The minimum atomic E-state index is -1.04. The molecule has 0 spiro atoms. The Morgan fingerprint density at radius 1 is 1.13 bits per heavy atom. The smallest absolute Gasteiger partial charge is 0.254 e. The van der Waals surface area contributed by atoms with Crippen LogP contribution in [0.3, 0.4) is 0 Å². The van der Waals surface area contributed by atoms with Gasteiger partial charge in [0.1, 0.15) is 5.82 Å². The number of phenolic OH excluding ortho intramolecular Hbond substituents is 1. The highest BCUT2D eigenvalue weighted by molar-refractivity contribution is 6.30. The van der Waals surface area contributed by atoms with E-state index >= 15 is 0 Å². The molecule has 0 bridgehead atoms. The third-order valence-electron chi connectivity index (χ3n) is 5.99. The van der Waals surface area contributed by atoms with E-state index in [2.05, 4.69) is 5.32 Å². The second kappa shape index (κ2) is 8.22. The first-order valence-electron chi connectivity index (χ1n) is 9.89. The number of hydrogen-bond acceptors (Lipinski definition) is 3. The standard InChI is InChI=1S/C22H21ClF2N2O3/c23-14-3-6-16-13(7-14)11-27(22(16)30)15-4-1-12(2-5-15)10-26-21(29)17-8-19(25)20(28)9-18(17)24/h3,6-9,12,15,28H,1-2,4-5,10-11H2,(H,26,29)/t12-,15-. The Hall–Kier alpha value is -2.67. The van der Waals surface area contributed by atoms with Crippen LogP contribution in [0, 0.1) is 17.6 Å². The molecule has 1 saturated carbocycles. The van der Waals surface area contributed by atoms with E-state index < -0.39 is 28.9 Å². The van der Waals surface area contributed by atoms with Gasteiger partial charge in [-0.05, 0) is 61.4 Å². The average molecular weight is 435 g/mol. The summed E-state index contributed by atoms with van der Waals surface area (Å²) in [6.07, 6.45) is 3.27.